The average Bonchev–Trinajstić information content (AvgIpc) is 2.60. The second kappa shape index (κ2) is 10.4. The number of rotatable bonds is 10. The molecule has 1 aliphatic rings. The fraction of sp³-hybridized carbons (Fsp3) is 0.667. The SMILES string of the molecule is CCCCCCCCC1CCC(c2ccc(OCC)cc2)OC1=O. The molecule has 1 aromatic carbocycles. The van der Waals surface area contributed by atoms with E-state index in [1.807, 2.05) is 31.2 Å². The molecule has 3 nitrogen and oxygen atoms in total. The summed E-state index contributed by atoms with van der Waals surface area (Å²) < 4.78 is 11.2. The molecule has 1 heterocycles. The Bertz CT molecular complexity index is 480. The van der Waals surface area contributed by atoms with Crippen molar-refractivity contribution in [3.63, 3.8) is 0 Å². The maximum Gasteiger partial charge on any atom is 0.309 e. The van der Waals surface area contributed by atoms with Gasteiger partial charge in [-0.25, -0.2) is 0 Å². The van der Waals surface area contributed by atoms with Crippen LogP contribution in [0.5, 0.6) is 5.75 Å². The number of esters is 1. The van der Waals surface area contributed by atoms with Crippen molar-refractivity contribution in [2.24, 2.45) is 5.92 Å². The maximum absolute atomic E-state index is 12.3. The lowest BCUT2D eigenvalue weighted by Crippen LogP contribution is -2.26. The van der Waals surface area contributed by atoms with Crippen molar-refractivity contribution in [2.45, 2.75) is 77.7 Å². The minimum Gasteiger partial charge on any atom is -0.494 e. The number of hydrogen-bond donors (Lipinski definition) is 0. The van der Waals surface area contributed by atoms with E-state index in [0.717, 1.165) is 37.0 Å². The summed E-state index contributed by atoms with van der Waals surface area (Å²) in [6.45, 7) is 4.87. The van der Waals surface area contributed by atoms with E-state index in [1.165, 1.54) is 32.1 Å². The van der Waals surface area contributed by atoms with E-state index in [-0.39, 0.29) is 18.0 Å². The first-order chi connectivity index (χ1) is 11.7. The van der Waals surface area contributed by atoms with Gasteiger partial charge >= 0.3 is 5.97 Å². The molecule has 2 atom stereocenters. The molecule has 0 bridgehead atoms. The second-order valence-electron chi connectivity index (χ2n) is 6.76. The standard InChI is InChI=1S/C21H32O3/c1-3-5-6-7-8-9-10-18-13-16-20(24-21(18)22)17-11-14-19(15-12-17)23-4-2/h11-12,14-15,18,20H,3-10,13,16H2,1-2H3. The summed E-state index contributed by atoms with van der Waals surface area (Å²) in [5, 5.41) is 0. The molecule has 2 rings (SSSR count). The summed E-state index contributed by atoms with van der Waals surface area (Å²) >= 11 is 0. The highest BCUT2D eigenvalue weighted by Crippen LogP contribution is 2.34. The van der Waals surface area contributed by atoms with Crippen molar-refractivity contribution in [2.75, 3.05) is 6.61 Å². The van der Waals surface area contributed by atoms with Gasteiger partial charge in [-0.3, -0.25) is 4.79 Å². The molecule has 0 aromatic heterocycles. The van der Waals surface area contributed by atoms with Gasteiger partial charge < -0.3 is 9.47 Å². The van der Waals surface area contributed by atoms with E-state index >= 15 is 0 Å². The molecule has 0 aliphatic carbocycles. The summed E-state index contributed by atoms with van der Waals surface area (Å²) in [6, 6.07) is 7.93. The van der Waals surface area contributed by atoms with Crippen LogP contribution in [-0.4, -0.2) is 12.6 Å². The van der Waals surface area contributed by atoms with Crippen LogP contribution in [0.4, 0.5) is 0 Å². The summed E-state index contributed by atoms with van der Waals surface area (Å²) in [5.41, 5.74) is 1.07. The van der Waals surface area contributed by atoms with Crippen LogP contribution in [0.3, 0.4) is 0 Å². The summed E-state index contributed by atoms with van der Waals surface area (Å²) in [5.74, 6) is 0.966. The third-order valence-corrected chi connectivity index (χ3v) is 4.84. The van der Waals surface area contributed by atoms with Crippen molar-refractivity contribution in [3.8, 4) is 5.75 Å². The molecule has 2 unspecified atom stereocenters. The Labute approximate surface area is 146 Å². The number of ether oxygens (including phenoxy) is 2. The third kappa shape index (κ3) is 5.85. The van der Waals surface area contributed by atoms with Gasteiger partial charge in [0.2, 0.25) is 0 Å². The fourth-order valence-electron chi connectivity index (χ4n) is 3.38. The molecule has 0 spiro atoms. The van der Waals surface area contributed by atoms with E-state index in [4.69, 9.17) is 9.47 Å². The predicted octanol–water partition coefficient (Wildman–Crippen LogP) is 5.83. The molecule has 1 aliphatic heterocycles. The van der Waals surface area contributed by atoms with E-state index in [2.05, 4.69) is 6.92 Å². The van der Waals surface area contributed by atoms with E-state index in [0.29, 0.717) is 6.61 Å². The van der Waals surface area contributed by atoms with E-state index in [9.17, 15) is 4.79 Å². The zero-order chi connectivity index (χ0) is 17.2. The highest BCUT2D eigenvalue weighted by Gasteiger charge is 2.30. The average molecular weight is 332 g/mol. The van der Waals surface area contributed by atoms with Crippen LogP contribution in [0.2, 0.25) is 0 Å². The van der Waals surface area contributed by atoms with Gasteiger partial charge in [0, 0.05) is 0 Å². The fourth-order valence-corrected chi connectivity index (χ4v) is 3.38. The number of hydrogen-bond acceptors (Lipinski definition) is 3. The zero-order valence-electron chi connectivity index (χ0n) is 15.3. The lowest BCUT2D eigenvalue weighted by molar-refractivity contribution is -0.161. The van der Waals surface area contributed by atoms with Crippen molar-refractivity contribution in [1.29, 1.82) is 0 Å². The third-order valence-electron chi connectivity index (χ3n) is 4.84. The lowest BCUT2D eigenvalue weighted by Gasteiger charge is -2.28. The maximum atomic E-state index is 12.3. The van der Waals surface area contributed by atoms with Crippen LogP contribution in [0.15, 0.2) is 24.3 Å². The van der Waals surface area contributed by atoms with Crippen LogP contribution < -0.4 is 4.74 Å². The summed E-state index contributed by atoms with van der Waals surface area (Å²) in [7, 11) is 0. The van der Waals surface area contributed by atoms with Crippen molar-refractivity contribution < 1.29 is 14.3 Å². The smallest absolute Gasteiger partial charge is 0.309 e. The van der Waals surface area contributed by atoms with Gasteiger partial charge in [-0.15, -0.1) is 0 Å². The number of cyclic esters (lactones) is 1. The molecular formula is C21H32O3. The largest absolute Gasteiger partial charge is 0.494 e. The molecule has 3 heteroatoms. The lowest BCUT2D eigenvalue weighted by atomic mass is 9.90. The number of unbranched alkanes of at least 4 members (excludes halogenated alkanes) is 5. The van der Waals surface area contributed by atoms with Gasteiger partial charge in [-0.05, 0) is 43.9 Å². The van der Waals surface area contributed by atoms with Gasteiger partial charge in [0.15, 0.2) is 0 Å². The molecular weight excluding hydrogens is 300 g/mol. The van der Waals surface area contributed by atoms with Crippen LogP contribution in [0.25, 0.3) is 0 Å². The molecule has 0 N–H and O–H groups in total. The first-order valence-corrected chi connectivity index (χ1v) is 9.67. The van der Waals surface area contributed by atoms with Gasteiger partial charge in [-0.1, -0.05) is 57.6 Å². The second-order valence-corrected chi connectivity index (χ2v) is 6.76. The summed E-state index contributed by atoms with van der Waals surface area (Å²) in [6.07, 6.45) is 10.4. The first kappa shape index (κ1) is 18.8. The minimum atomic E-state index is -0.0889. The molecule has 1 saturated heterocycles. The molecule has 24 heavy (non-hydrogen) atoms. The Balaban J connectivity index is 1.73. The van der Waals surface area contributed by atoms with Gasteiger partial charge in [0.05, 0.1) is 12.5 Å². The molecule has 1 fully saturated rings. The number of benzene rings is 1. The molecule has 134 valence electrons. The summed E-state index contributed by atoms with van der Waals surface area (Å²) in [4.78, 5) is 12.3. The predicted molar refractivity (Wildman–Crippen MR) is 97.2 cm³/mol. The monoisotopic (exact) mass is 332 g/mol. The highest BCUT2D eigenvalue weighted by molar-refractivity contribution is 5.73. The Morgan fingerprint density at radius 3 is 2.38 bits per heavy atom. The molecule has 0 radical (unpaired) electrons. The molecule has 1 aromatic rings. The van der Waals surface area contributed by atoms with E-state index in [1.54, 1.807) is 0 Å². The van der Waals surface area contributed by atoms with Crippen molar-refractivity contribution in [1.82, 2.24) is 0 Å². The first-order valence-electron chi connectivity index (χ1n) is 9.67. The normalized spacial score (nSPS) is 20.7. The topological polar surface area (TPSA) is 35.5 Å². The van der Waals surface area contributed by atoms with Gasteiger partial charge in [0.25, 0.3) is 0 Å². The van der Waals surface area contributed by atoms with E-state index < -0.39 is 0 Å². The van der Waals surface area contributed by atoms with Gasteiger partial charge in [-0.2, -0.15) is 0 Å². The zero-order valence-corrected chi connectivity index (χ0v) is 15.3. The number of carbonyl (C=O) groups excluding carboxylic acids is 1. The Morgan fingerprint density at radius 1 is 1.00 bits per heavy atom. The van der Waals surface area contributed by atoms with Crippen molar-refractivity contribution in [3.05, 3.63) is 29.8 Å². The van der Waals surface area contributed by atoms with Crippen LogP contribution in [0, 0.1) is 5.92 Å². The van der Waals surface area contributed by atoms with Crippen LogP contribution in [0.1, 0.15) is 83.3 Å². The Morgan fingerprint density at radius 2 is 1.71 bits per heavy atom. The van der Waals surface area contributed by atoms with Crippen LogP contribution in [-0.2, 0) is 9.53 Å². The van der Waals surface area contributed by atoms with Crippen LogP contribution >= 0.6 is 0 Å². The quantitative estimate of drug-likeness (QED) is 0.399. The van der Waals surface area contributed by atoms with Crippen molar-refractivity contribution >= 4 is 5.97 Å². The Hall–Kier alpha value is -1.51. The highest BCUT2D eigenvalue weighted by atomic mass is 16.5. The van der Waals surface area contributed by atoms with Gasteiger partial charge in [0.1, 0.15) is 11.9 Å². The number of carbonyl (C=O) groups is 1. The minimum absolute atomic E-state index is 0.00584. The Kier molecular flexibility index (Phi) is 8.14. The molecule has 0 saturated carbocycles. The molecule has 0 amide bonds.